The highest BCUT2D eigenvalue weighted by atomic mass is 16.3. The van der Waals surface area contributed by atoms with E-state index in [1.54, 1.807) is 12.1 Å². The predicted molar refractivity (Wildman–Crippen MR) is 71.1 cm³/mol. The monoisotopic (exact) mass is 233 g/mol. The number of benzene rings is 1. The van der Waals surface area contributed by atoms with E-state index in [0.717, 1.165) is 6.54 Å². The molecule has 2 nitrogen and oxygen atoms in total. The highest BCUT2D eigenvalue weighted by Gasteiger charge is 2.41. The Morgan fingerprint density at radius 1 is 1.29 bits per heavy atom. The van der Waals surface area contributed by atoms with Gasteiger partial charge in [-0.2, -0.15) is 0 Å². The molecule has 1 fully saturated rings. The van der Waals surface area contributed by atoms with E-state index in [9.17, 15) is 5.11 Å². The molecular weight excluding hydrogens is 210 g/mol. The highest BCUT2D eigenvalue weighted by molar-refractivity contribution is 5.27. The van der Waals surface area contributed by atoms with Crippen LogP contribution in [0.1, 0.15) is 51.1 Å². The van der Waals surface area contributed by atoms with Gasteiger partial charge in [0.2, 0.25) is 0 Å². The van der Waals surface area contributed by atoms with E-state index in [2.05, 4.69) is 19.2 Å². The second kappa shape index (κ2) is 5.09. The minimum Gasteiger partial charge on any atom is -0.508 e. The Balaban J connectivity index is 1.85. The van der Waals surface area contributed by atoms with Gasteiger partial charge in [-0.1, -0.05) is 25.5 Å². The van der Waals surface area contributed by atoms with Crippen molar-refractivity contribution in [1.29, 1.82) is 0 Å². The summed E-state index contributed by atoms with van der Waals surface area (Å²) in [6, 6.07) is 7.86. The van der Waals surface area contributed by atoms with E-state index in [0.29, 0.717) is 17.2 Å². The van der Waals surface area contributed by atoms with Crippen molar-refractivity contribution in [1.82, 2.24) is 5.32 Å². The summed E-state index contributed by atoms with van der Waals surface area (Å²) in [7, 11) is 0. The first-order chi connectivity index (χ1) is 8.15. The molecule has 0 heterocycles. The zero-order valence-electron chi connectivity index (χ0n) is 10.9. The summed E-state index contributed by atoms with van der Waals surface area (Å²) in [6.07, 6.45) is 5.41. The molecule has 0 saturated heterocycles. The SMILES string of the molecule is CCCC1(CNC(C)c2ccc(O)cc2)CC1. The van der Waals surface area contributed by atoms with Gasteiger partial charge in [-0.15, -0.1) is 0 Å². The molecule has 2 heteroatoms. The zero-order chi connectivity index (χ0) is 12.3. The molecule has 1 aromatic carbocycles. The van der Waals surface area contributed by atoms with Crippen molar-refractivity contribution in [2.75, 3.05) is 6.54 Å². The van der Waals surface area contributed by atoms with E-state index in [1.807, 2.05) is 12.1 Å². The van der Waals surface area contributed by atoms with Crippen LogP contribution >= 0.6 is 0 Å². The van der Waals surface area contributed by atoms with E-state index in [4.69, 9.17) is 0 Å². The lowest BCUT2D eigenvalue weighted by Crippen LogP contribution is -2.26. The number of phenolic OH excluding ortho intramolecular Hbond substituents is 1. The third kappa shape index (κ3) is 3.22. The van der Waals surface area contributed by atoms with Gasteiger partial charge >= 0.3 is 0 Å². The van der Waals surface area contributed by atoms with Gasteiger partial charge in [0.05, 0.1) is 0 Å². The Morgan fingerprint density at radius 2 is 1.94 bits per heavy atom. The molecule has 1 aromatic rings. The molecule has 2 rings (SSSR count). The lowest BCUT2D eigenvalue weighted by Gasteiger charge is -2.20. The number of phenols is 1. The van der Waals surface area contributed by atoms with Crippen LogP contribution in [-0.4, -0.2) is 11.7 Å². The normalized spacial score (nSPS) is 18.9. The van der Waals surface area contributed by atoms with Crippen LogP contribution in [0.3, 0.4) is 0 Å². The van der Waals surface area contributed by atoms with Crippen molar-refractivity contribution < 1.29 is 5.11 Å². The first-order valence-corrected chi connectivity index (χ1v) is 6.67. The van der Waals surface area contributed by atoms with Gasteiger partial charge in [-0.25, -0.2) is 0 Å². The minimum absolute atomic E-state index is 0.339. The lowest BCUT2D eigenvalue weighted by molar-refractivity contribution is 0.397. The molecule has 94 valence electrons. The van der Waals surface area contributed by atoms with Crippen LogP contribution in [0.4, 0.5) is 0 Å². The van der Waals surface area contributed by atoms with E-state index in [1.165, 1.54) is 31.2 Å². The zero-order valence-corrected chi connectivity index (χ0v) is 10.9. The molecule has 1 atom stereocenters. The maximum absolute atomic E-state index is 9.26. The lowest BCUT2D eigenvalue weighted by atomic mass is 9.99. The minimum atomic E-state index is 0.339. The first kappa shape index (κ1) is 12.4. The first-order valence-electron chi connectivity index (χ1n) is 6.67. The molecule has 0 spiro atoms. The second-order valence-electron chi connectivity index (χ2n) is 5.44. The van der Waals surface area contributed by atoms with Crippen molar-refractivity contribution in [2.24, 2.45) is 5.41 Å². The molecule has 0 aromatic heterocycles. The van der Waals surface area contributed by atoms with Crippen LogP contribution in [0.25, 0.3) is 0 Å². The third-order valence-corrected chi connectivity index (χ3v) is 3.91. The summed E-state index contributed by atoms with van der Waals surface area (Å²) in [5.74, 6) is 0.339. The summed E-state index contributed by atoms with van der Waals surface area (Å²) in [6.45, 7) is 5.58. The van der Waals surface area contributed by atoms with Gasteiger partial charge in [0.25, 0.3) is 0 Å². The molecule has 0 radical (unpaired) electrons. The van der Waals surface area contributed by atoms with Crippen molar-refractivity contribution in [3.05, 3.63) is 29.8 Å². The van der Waals surface area contributed by atoms with Gasteiger partial charge in [0.15, 0.2) is 0 Å². The number of rotatable bonds is 6. The Kier molecular flexibility index (Phi) is 3.72. The molecule has 0 bridgehead atoms. The summed E-state index contributed by atoms with van der Waals surface area (Å²) < 4.78 is 0. The topological polar surface area (TPSA) is 32.3 Å². The van der Waals surface area contributed by atoms with Gasteiger partial charge in [-0.3, -0.25) is 0 Å². The number of nitrogens with one attached hydrogen (secondary N) is 1. The molecule has 1 saturated carbocycles. The average Bonchev–Trinajstić information content (AvgIpc) is 3.08. The molecule has 1 unspecified atom stereocenters. The largest absolute Gasteiger partial charge is 0.508 e. The van der Waals surface area contributed by atoms with Crippen molar-refractivity contribution >= 4 is 0 Å². The van der Waals surface area contributed by atoms with E-state index >= 15 is 0 Å². The molecular formula is C15H23NO. The van der Waals surface area contributed by atoms with E-state index < -0.39 is 0 Å². The number of hydrogen-bond donors (Lipinski definition) is 2. The summed E-state index contributed by atoms with van der Waals surface area (Å²) in [5, 5.41) is 12.9. The second-order valence-corrected chi connectivity index (χ2v) is 5.44. The van der Waals surface area contributed by atoms with Crippen LogP contribution in [0, 0.1) is 5.41 Å². The summed E-state index contributed by atoms with van der Waals surface area (Å²) >= 11 is 0. The molecule has 1 aliphatic carbocycles. The molecule has 0 amide bonds. The van der Waals surface area contributed by atoms with Gasteiger partial charge in [0.1, 0.15) is 5.75 Å². The number of hydrogen-bond acceptors (Lipinski definition) is 2. The van der Waals surface area contributed by atoms with Crippen LogP contribution in [0.2, 0.25) is 0 Å². The summed E-state index contributed by atoms with van der Waals surface area (Å²) in [4.78, 5) is 0. The van der Waals surface area contributed by atoms with Crippen molar-refractivity contribution in [3.63, 3.8) is 0 Å². The van der Waals surface area contributed by atoms with Gasteiger partial charge < -0.3 is 10.4 Å². The third-order valence-electron chi connectivity index (χ3n) is 3.91. The molecule has 2 N–H and O–H groups in total. The average molecular weight is 233 g/mol. The highest BCUT2D eigenvalue weighted by Crippen LogP contribution is 2.49. The quantitative estimate of drug-likeness (QED) is 0.786. The van der Waals surface area contributed by atoms with Crippen LogP contribution in [0.5, 0.6) is 5.75 Å². The maximum Gasteiger partial charge on any atom is 0.115 e. The Hall–Kier alpha value is -1.02. The Morgan fingerprint density at radius 3 is 2.47 bits per heavy atom. The van der Waals surface area contributed by atoms with Crippen molar-refractivity contribution in [2.45, 2.75) is 45.6 Å². The van der Waals surface area contributed by atoms with Gasteiger partial charge in [0, 0.05) is 12.6 Å². The van der Waals surface area contributed by atoms with Crippen LogP contribution in [0.15, 0.2) is 24.3 Å². The smallest absolute Gasteiger partial charge is 0.115 e. The van der Waals surface area contributed by atoms with Crippen LogP contribution in [-0.2, 0) is 0 Å². The predicted octanol–water partition coefficient (Wildman–Crippen LogP) is 3.62. The van der Waals surface area contributed by atoms with E-state index in [-0.39, 0.29) is 0 Å². The fourth-order valence-electron chi connectivity index (χ4n) is 2.47. The Labute approximate surface area is 104 Å². The molecule has 1 aliphatic rings. The number of aromatic hydroxyl groups is 1. The fraction of sp³-hybridized carbons (Fsp3) is 0.600. The fourth-order valence-corrected chi connectivity index (χ4v) is 2.47. The standard InChI is InChI=1S/C15H23NO/c1-3-8-15(9-10-15)11-16-12(2)13-4-6-14(17)7-5-13/h4-7,12,16-17H,3,8-11H2,1-2H3. The maximum atomic E-state index is 9.26. The molecule has 0 aliphatic heterocycles. The van der Waals surface area contributed by atoms with Crippen LogP contribution < -0.4 is 5.32 Å². The van der Waals surface area contributed by atoms with Gasteiger partial charge in [-0.05, 0) is 49.3 Å². The Bertz CT molecular complexity index is 354. The summed E-state index contributed by atoms with van der Waals surface area (Å²) in [5.41, 5.74) is 1.84. The van der Waals surface area contributed by atoms with Crippen molar-refractivity contribution in [3.8, 4) is 5.75 Å². The molecule has 17 heavy (non-hydrogen) atoms.